The average Bonchev–Trinajstić information content (AvgIpc) is 2.26. The molecule has 1 aromatic rings. The van der Waals surface area contributed by atoms with Gasteiger partial charge in [0.2, 0.25) is 0 Å². The molecule has 1 aromatic carbocycles. The summed E-state index contributed by atoms with van der Waals surface area (Å²) in [5.41, 5.74) is 1.48. The Morgan fingerprint density at radius 3 is 2.18 bits per heavy atom. The van der Waals surface area contributed by atoms with Gasteiger partial charge in [-0.05, 0) is 22.8 Å². The molecule has 0 atom stereocenters. The maximum atomic E-state index is 5.97. The van der Waals surface area contributed by atoms with Gasteiger partial charge >= 0.3 is 0 Å². The first kappa shape index (κ1) is 14.4. The second-order valence-corrected chi connectivity index (χ2v) is 6.67. The summed E-state index contributed by atoms with van der Waals surface area (Å²) in [6.45, 7) is 11.7. The van der Waals surface area contributed by atoms with Crippen molar-refractivity contribution in [3.05, 3.63) is 29.8 Å². The zero-order chi connectivity index (χ0) is 13.1. The van der Waals surface area contributed by atoms with Crippen LogP contribution in [-0.2, 0) is 5.41 Å². The fraction of sp³-hybridized carbons (Fsp3) is 0.600. The van der Waals surface area contributed by atoms with Crippen LogP contribution >= 0.6 is 12.6 Å². The average molecular weight is 252 g/mol. The van der Waals surface area contributed by atoms with E-state index in [1.807, 2.05) is 6.07 Å². The van der Waals surface area contributed by atoms with E-state index in [-0.39, 0.29) is 10.8 Å². The Morgan fingerprint density at radius 2 is 1.65 bits per heavy atom. The minimum absolute atomic E-state index is 0.105. The van der Waals surface area contributed by atoms with Crippen LogP contribution in [0.15, 0.2) is 24.3 Å². The molecule has 0 aliphatic rings. The fourth-order valence-corrected chi connectivity index (χ4v) is 1.62. The summed E-state index contributed by atoms with van der Waals surface area (Å²) in [6, 6.07) is 8.29. The Labute approximate surface area is 111 Å². The van der Waals surface area contributed by atoms with Gasteiger partial charge in [0.15, 0.2) is 0 Å². The molecule has 0 spiro atoms. The van der Waals surface area contributed by atoms with Gasteiger partial charge in [-0.15, -0.1) is 0 Å². The Kier molecular flexibility index (Phi) is 4.54. The number of rotatable bonds is 4. The molecule has 0 amide bonds. The van der Waals surface area contributed by atoms with Crippen molar-refractivity contribution in [1.29, 1.82) is 0 Å². The Hall–Kier alpha value is -0.630. The molecule has 0 N–H and O–H groups in total. The standard InChI is InChI=1S/C15H24OS/c1-14(2,3)12-8-6-7-9-13(12)16-10-15(4,5)11-17/h6-9,17H,10-11H2,1-5H3. The van der Waals surface area contributed by atoms with E-state index in [1.54, 1.807) is 0 Å². The van der Waals surface area contributed by atoms with Crippen LogP contribution in [0.4, 0.5) is 0 Å². The third-order valence-corrected chi connectivity index (χ3v) is 3.60. The Balaban J connectivity index is 2.85. The lowest BCUT2D eigenvalue weighted by Crippen LogP contribution is -2.24. The van der Waals surface area contributed by atoms with Crippen molar-refractivity contribution < 1.29 is 4.74 Å². The molecule has 0 aliphatic carbocycles. The first-order valence-electron chi connectivity index (χ1n) is 6.09. The van der Waals surface area contributed by atoms with Gasteiger partial charge in [-0.1, -0.05) is 52.8 Å². The van der Waals surface area contributed by atoms with E-state index < -0.39 is 0 Å². The van der Waals surface area contributed by atoms with Crippen molar-refractivity contribution in [2.75, 3.05) is 12.4 Å². The molecule has 2 heteroatoms. The zero-order valence-corrected chi connectivity index (χ0v) is 12.5. The van der Waals surface area contributed by atoms with Gasteiger partial charge in [0.1, 0.15) is 5.75 Å². The largest absolute Gasteiger partial charge is 0.493 e. The fourth-order valence-electron chi connectivity index (χ4n) is 1.53. The van der Waals surface area contributed by atoms with Crippen LogP contribution in [0, 0.1) is 5.41 Å². The third-order valence-electron chi connectivity index (χ3n) is 2.74. The van der Waals surface area contributed by atoms with Crippen LogP contribution < -0.4 is 4.74 Å². The minimum atomic E-state index is 0.105. The maximum absolute atomic E-state index is 5.97. The smallest absolute Gasteiger partial charge is 0.123 e. The summed E-state index contributed by atoms with van der Waals surface area (Å²) >= 11 is 4.35. The first-order chi connectivity index (χ1) is 7.76. The van der Waals surface area contributed by atoms with Gasteiger partial charge in [-0.25, -0.2) is 0 Å². The second kappa shape index (κ2) is 5.34. The lowest BCUT2D eigenvalue weighted by Gasteiger charge is -2.26. The molecule has 0 radical (unpaired) electrons. The third kappa shape index (κ3) is 4.27. The highest BCUT2D eigenvalue weighted by Gasteiger charge is 2.21. The van der Waals surface area contributed by atoms with Crippen molar-refractivity contribution in [3.8, 4) is 5.75 Å². The maximum Gasteiger partial charge on any atom is 0.123 e. The van der Waals surface area contributed by atoms with E-state index in [1.165, 1.54) is 5.56 Å². The van der Waals surface area contributed by atoms with Crippen molar-refractivity contribution in [2.45, 2.75) is 40.0 Å². The van der Waals surface area contributed by atoms with Crippen molar-refractivity contribution in [3.63, 3.8) is 0 Å². The molecule has 0 saturated heterocycles. The highest BCUT2D eigenvalue weighted by Crippen LogP contribution is 2.32. The molecule has 96 valence electrons. The Morgan fingerprint density at radius 1 is 1.06 bits per heavy atom. The summed E-state index contributed by atoms with van der Waals surface area (Å²) in [7, 11) is 0. The molecule has 0 aromatic heterocycles. The van der Waals surface area contributed by atoms with E-state index in [0.29, 0.717) is 6.61 Å². The lowest BCUT2D eigenvalue weighted by atomic mass is 9.86. The highest BCUT2D eigenvalue weighted by atomic mass is 32.1. The van der Waals surface area contributed by atoms with Gasteiger partial charge in [-0.2, -0.15) is 12.6 Å². The van der Waals surface area contributed by atoms with Crippen LogP contribution in [-0.4, -0.2) is 12.4 Å². The molecule has 1 rings (SSSR count). The quantitative estimate of drug-likeness (QED) is 0.785. The number of hydrogen-bond acceptors (Lipinski definition) is 2. The number of para-hydroxylation sites is 1. The normalized spacial score (nSPS) is 12.6. The van der Waals surface area contributed by atoms with Crippen molar-refractivity contribution >= 4 is 12.6 Å². The lowest BCUT2D eigenvalue weighted by molar-refractivity contribution is 0.199. The van der Waals surface area contributed by atoms with Gasteiger partial charge in [0, 0.05) is 5.41 Å². The van der Waals surface area contributed by atoms with Gasteiger partial charge < -0.3 is 4.74 Å². The summed E-state index contributed by atoms with van der Waals surface area (Å²) < 4.78 is 5.97. The van der Waals surface area contributed by atoms with Crippen molar-refractivity contribution in [2.24, 2.45) is 5.41 Å². The Bertz CT molecular complexity index is 363. The summed E-state index contributed by atoms with van der Waals surface area (Å²) in [6.07, 6.45) is 0. The molecule has 0 unspecified atom stereocenters. The van der Waals surface area contributed by atoms with E-state index in [2.05, 4.69) is 65.4 Å². The van der Waals surface area contributed by atoms with Crippen LogP contribution in [0.2, 0.25) is 0 Å². The van der Waals surface area contributed by atoms with Crippen LogP contribution in [0.1, 0.15) is 40.2 Å². The predicted octanol–water partition coefficient (Wildman–Crippen LogP) is 4.32. The second-order valence-electron chi connectivity index (χ2n) is 6.36. The van der Waals surface area contributed by atoms with Gasteiger partial charge in [-0.3, -0.25) is 0 Å². The van der Waals surface area contributed by atoms with Crippen molar-refractivity contribution in [1.82, 2.24) is 0 Å². The molecule has 0 fully saturated rings. The van der Waals surface area contributed by atoms with Crippen LogP contribution in [0.5, 0.6) is 5.75 Å². The highest BCUT2D eigenvalue weighted by molar-refractivity contribution is 7.80. The predicted molar refractivity (Wildman–Crippen MR) is 78.3 cm³/mol. The molecule has 17 heavy (non-hydrogen) atoms. The number of benzene rings is 1. The number of thiol groups is 1. The zero-order valence-electron chi connectivity index (χ0n) is 11.6. The molecule has 0 aliphatic heterocycles. The molecule has 0 heterocycles. The number of hydrogen-bond donors (Lipinski definition) is 1. The molecular formula is C15H24OS. The molecule has 1 nitrogen and oxygen atoms in total. The molecular weight excluding hydrogens is 228 g/mol. The van der Waals surface area contributed by atoms with E-state index in [0.717, 1.165) is 11.5 Å². The molecule has 0 saturated carbocycles. The topological polar surface area (TPSA) is 9.23 Å². The molecule has 0 bridgehead atoms. The van der Waals surface area contributed by atoms with Crippen LogP contribution in [0.3, 0.4) is 0 Å². The van der Waals surface area contributed by atoms with E-state index in [9.17, 15) is 0 Å². The SMILES string of the molecule is CC(C)(CS)COc1ccccc1C(C)(C)C. The van der Waals surface area contributed by atoms with E-state index in [4.69, 9.17) is 4.74 Å². The van der Waals surface area contributed by atoms with Gasteiger partial charge in [0.25, 0.3) is 0 Å². The van der Waals surface area contributed by atoms with Crippen LogP contribution in [0.25, 0.3) is 0 Å². The summed E-state index contributed by atoms with van der Waals surface area (Å²) in [5.74, 6) is 1.82. The summed E-state index contributed by atoms with van der Waals surface area (Å²) in [4.78, 5) is 0. The van der Waals surface area contributed by atoms with E-state index >= 15 is 0 Å². The summed E-state index contributed by atoms with van der Waals surface area (Å²) in [5, 5.41) is 0. The number of ether oxygens (including phenoxy) is 1. The minimum Gasteiger partial charge on any atom is -0.493 e. The monoisotopic (exact) mass is 252 g/mol. The van der Waals surface area contributed by atoms with Gasteiger partial charge in [0.05, 0.1) is 6.61 Å². The first-order valence-corrected chi connectivity index (χ1v) is 6.73.